The van der Waals surface area contributed by atoms with Crippen LogP contribution in [0.4, 0.5) is 0 Å². The Hall–Kier alpha value is -2.73. The van der Waals surface area contributed by atoms with Gasteiger partial charge in [-0.05, 0) is 48.9 Å². The molecule has 1 atom stereocenters. The maximum Gasteiger partial charge on any atom is 0.305 e. The Labute approximate surface area is 156 Å². The summed E-state index contributed by atoms with van der Waals surface area (Å²) < 4.78 is 10.7. The van der Waals surface area contributed by atoms with E-state index in [1.54, 1.807) is 48.5 Å². The van der Waals surface area contributed by atoms with Gasteiger partial charge in [-0.15, -0.1) is 0 Å². The number of carbonyl (C=O) groups is 2. The highest BCUT2D eigenvalue weighted by Gasteiger charge is 2.18. The molecule has 0 saturated carbocycles. The molecule has 2 N–H and O–H groups in total. The largest absolute Gasteiger partial charge is 0.494 e. The van der Waals surface area contributed by atoms with E-state index < -0.39 is 17.9 Å². The van der Waals surface area contributed by atoms with Crippen LogP contribution >= 0.6 is 11.6 Å². The lowest BCUT2D eigenvalue weighted by Gasteiger charge is -2.18. The van der Waals surface area contributed by atoms with E-state index in [0.717, 1.165) is 0 Å². The summed E-state index contributed by atoms with van der Waals surface area (Å²) in [4.78, 5) is 23.3. The van der Waals surface area contributed by atoms with Crippen LogP contribution in [0.15, 0.2) is 48.5 Å². The van der Waals surface area contributed by atoms with E-state index in [9.17, 15) is 9.59 Å². The fourth-order valence-electron chi connectivity index (χ4n) is 2.31. The van der Waals surface area contributed by atoms with Gasteiger partial charge in [-0.1, -0.05) is 23.7 Å². The Morgan fingerprint density at radius 3 is 2.19 bits per heavy atom. The second-order valence-electron chi connectivity index (χ2n) is 5.46. The summed E-state index contributed by atoms with van der Waals surface area (Å²) in [5.41, 5.74) is 0.677. The second-order valence-corrected chi connectivity index (χ2v) is 5.90. The number of hydrogen-bond donors (Lipinski definition) is 2. The predicted molar refractivity (Wildman–Crippen MR) is 97.7 cm³/mol. The lowest BCUT2D eigenvalue weighted by molar-refractivity contribution is -0.137. The van der Waals surface area contributed by atoms with Gasteiger partial charge in [-0.2, -0.15) is 0 Å². The van der Waals surface area contributed by atoms with Crippen LogP contribution in [0.2, 0.25) is 5.02 Å². The Balaban J connectivity index is 1.98. The van der Waals surface area contributed by atoms with Gasteiger partial charge >= 0.3 is 5.97 Å². The summed E-state index contributed by atoms with van der Waals surface area (Å²) in [7, 11) is 0. The maximum atomic E-state index is 12.1. The van der Waals surface area contributed by atoms with Crippen molar-refractivity contribution in [1.82, 2.24) is 5.32 Å². The highest BCUT2D eigenvalue weighted by Crippen LogP contribution is 2.21. The summed E-state index contributed by atoms with van der Waals surface area (Å²) in [6.45, 7) is 2.19. The van der Waals surface area contributed by atoms with Crippen molar-refractivity contribution in [3.63, 3.8) is 0 Å². The van der Waals surface area contributed by atoms with Gasteiger partial charge in [0.15, 0.2) is 6.61 Å². The van der Waals surface area contributed by atoms with Crippen molar-refractivity contribution in [2.75, 3.05) is 13.2 Å². The summed E-state index contributed by atoms with van der Waals surface area (Å²) in [5.74, 6) is -0.244. The number of amides is 1. The molecule has 0 saturated heterocycles. The minimum absolute atomic E-state index is 0.227. The zero-order valence-corrected chi connectivity index (χ0v) is 15.0. The molecule has 0 heterocycles. The average Bonchev–Trinajstić information content (AvgIpc) is 2.61. The summed E-state index contributed by atoms with van der Waals surface area (Å²) in [6, 6.07) is 12.9. The number of benzene rings is 2. The highest BCUT2D eigenvalue weighted by atomic mass is 35.5. The lowest BCUT2D eigenvalue weighted by Crippen LogP contribution is -2.33. The summed E-state index contributed by atoms with van der Waals surface area (Å²) in [5, 5.41) is 12.4. The molecule has 6 nitrogen and oxygen atoms in total. The van der Waals surface area contributed by atoms with E-state index in [2.05, 4.69) is 5.32 Å². The van der Waals surface area contributed by atoms with Gasteiger partial charge in [0.25, 0.3) is 5.91 Å². The Morgan fingerprint density at radius 1 is 1.04 bits per heavy atom. The molecule has 0 radical (unpaired) electrons. The Bertz CT molecular complexity index is 731. The van der Waals surface area contributed by atoms with Crippen LogP contribution in [-0.4, -0.2) is 30.2 Å². The third kappa shape index (κ3) is 6.29. The zero-order valence-electron chi connectivity index (χ0n) is 14.3. The SMILES string of the molecule is CCOc1ccc([C@H](CC(=O)O)NC(=O)COc2ccc(Cl)cc2)cc1. The van der Waals surface area contributed by atoms with Crippen LogP contribution in [0.5, 0.6) is 11.5 Å². The number of aliphatic carboxylic acids is 1. The molecule has 0 bridgehead atoms. The average molecular weight is 378 g/mol. The third-order valence-corrected chi connectivity index (χ3v) is 3.74. The third-order valence-electron chi connectivity index (χ3n) is 3.49. The molecule has 2 aromatic carbocycles. The normalized spacial score (nSPS) is 11.5. The van der Waals surface area contributed by atoms with Crippen molar-refractivity contribution in [1.29, 1.82) is 0 Å². The number of carbonyl (C=O) groups excluding carboxylic acids is 1. The summed E-state index contributed by atoms with van der Waals surface area (Å²) in [6.07, 6.45) is -0.235. The van der Waals surface area contributed by atoms with Crippen molar-refractivity contribution in [2.24, 2.45) is 0 Å². The minimum Gasteiger partial charge on any atom is -0.494 e. The van der Waals surface area contributed by atoms with Gasteiger partial charge in [0, 0.05) is 5.02 Å². The smallest absolute Gasteiger partial charge is 0.305 e. The standard InChI is InChI=1S/C19H20ClNO5/c1-2-25-15-7-3-13(4-8-15)17(11-19(23)24)21-18(22)12-26-16-9-5-14(20)6-10-16/h3-10,17H,2,11-12H2,1H3,(H,21,22)(H,23,24)/t17-/m0/s1. The van der Waals surface area contributed by atoms with E-state index >= 15 is 0 Å². The van der Waals surface area contributed by atoms with Gasteiger partial charge in [-0.3, -0.25) is 9.59 Å². The van der Waals surface area contributed by atoms with Crippen molar-refractivity contribution < 1.29 is 24.2 Å². The quantitative estimate of drug-likeness (QED) is 0.699. The Morgan fingerprint density at radius 2 is 1.62 bits per heavy atom. The van der Waals surface area contributed by atoms with E-state index in [-0.39, 0.29) is 13.0 Å². The zero-order chi connectivity index (χ0) is 18.9. The number of nitrogens with one attached hydrogen (secondary N) is 1. The molecule has 0 aliphatic rings. The molecule has 138 valence electrons. The first-order chi connectivity index (χ1) is 12.5. The molecular weight excluding hydrogens is 358 g/mol. The van der Waals surface area contributed by atoms with Crippen LogP contribution in [0, 0.1) is 0 Å². The minimum atomic E-state index is -1.01. The van der Waals surface area contributed by atoms with Gasteiger partial charge in [0.1, 0.15) is 11.5 Å². The van der Waals surface area contributed by atoms with Gasteiger partial charge < -0.3 is 19.9 Å². The Kier molecular flexibility index (Phi) is 7.29. The molecule has 2 rings (SSSR count). The van der Waals surface area contributed by atoms with Crippen molar-refractivity contribution in [2.45, 2.75) is 19.4 Å². The van der Waals surface area contributed by atoms with Crippen LogP contribution in [-0.2, 0) is 9.59 Å². The number of halogens is 1. The fraction of sp³-hybridized carbons (Fsp3) is 0.263. The number of carboxylic acids is 1. The van der Waals surface area contributed by atoms with Crippen LogP contribution in [0.1, 0.15) is 24.9 Å². The van der Waals surface area contributed by atoms with Crippen molar-refractivity contribution in [3.8, 4) is 11.5 Å². The second kappa shape index (κ2) is 9.68. The molecule has 0 aliphatic heterocycles. The molecule has 0 unspecified atom stereocenters. The monoisotopic (exact) mass is 377 g/mol. The molecule has 7 heteroatoms. The van der Waals surface area contributed by atoms with Crippen LogP contribution in [0.25, 0.3) is 0 Å². The molecular formula is C19H20ClNO5. The molecule has 2 aromatic rings. The molecule has 26 heavy (non-hydrogen) atoms. The van der Waals surface area contributed by atoms with E-state index in [0.29, 0.717) is 28.7 Å². The van der Waals surface area contributed by atoms with Crippen LogP contribution < -0.4 is 14.8 Å². The topological polar surface area (TPSA) is 84.9 Å². The van der Waals surface area contributed by atoms with E-state index in [1.165, 1.54) is 0 Å². The molecule has 1 amide bonds. The van der Waals surface area contributed by atoms with Crippen molar-refractivity contribution >= 4 is 23.5 Å². The van der Waals surface area contributed by atoms with Crippen molar-refractivity contribution in [3.05, 3.63) is 59.1 Å². The van der Waals surface area contributed by atoms with E-state index in [4.69, 9.17) is 26.2 Å². The molecule has 0 aromatic heterocycles. The first-order valence-electron chi connectivity index (χ1n) is 8.10. The number of ether oxygens (including phenoxy) is 2. The first kappa shape index (κ1) is 19.6. The highest BCUT2D eigenvalue weighted by molar-refractivity contribution is 6.30. The summed E-state index contributed by atoms with van der Waals surface area (Å²) >= 11 is 5.79. The van der Waals surface area contributed by atoms with Gasteiger partial charge in [0.05, 0.1) is 19.1 Å². The van der Waals surface area contributed by atoms with Gasteiger partial charge in [-0.25, -0.2) is 0 Å². The number of hydrogen-bond acceptors (Lipinski definition) is 4. The first-order valence-corrected chi connectivity index (χ1v) is 8.48. The number of carboxylic acid groups (broad SMARTS) is 1. The molecule has 0 spiro atoms. The maximum absolute atomic E-state index is 12.1. The number of rotatable bonds is 9. The van der Waals surface area contributed by atoms with Crippen LogP contribution in [0.3, 0.4) is 0 Å². The lowest BCUT2D eigenvalue weighted by atomic mass is 10.0. The molecule has 0 fully saturated rings. The van der Waals surface area contributed by atoms with E-state index in [1.807, 2.05) is 6.92 Å². The molecule has 0 aliphatic carbocycles. The van der Waals surface area contributed by atoms with Gasteiger partial charge in [0.2, 0.25) is 0 Å². The fourth-order valence-corrected chi connectivity index (χ4v) is 2.43. The predicted octanol–water partition coefficient (Wildman–Crippen LogP) is 3.45.